The third-order valence-corrected chi connectivity index (χ3v) is 3.33. The Morgan fingerprint density at radius 2 is 1.89 bits per heavy atom. The van der Waals surface area contributed by atoms with Gasteiger partial charge in [-0.15, -0.1) is 5.10 Å². The van der Waals surface area contributed by atoms with Gasteiger partial charge in [-0.05, 0) is 17.3 Å². The Morgan fingerprint density at radius 1 is 1.04 bits per heavy atom. The normalized spacial score (nSPS) is 10.8. The first-order chi connectivity index (χ1) is 13.0. The minimum absolute atomic E-state index is 0.0167. The van der Waals surface area contributed by atoms with Crippen molar-refractivity contribution in [2.24, 2.45) is 0 Å². The molecule has 0 unspecified atom stereocenters. The van der Waals surface area contributed by atoms with Crippen LogP contribution in [0.4, 0.5) is 9.59 Å². The number of carbonyl (C=O) groups excluding carboxylic acids is 1. The number of nitrogens with zero attached hydrogens (tertiary/aromatic N) is 5. The predicted octanol–water partition coefficient (Wildman–Crippen LogP) is 1.09. The van der Waals surface area contributed by atoms with Crippen LogP contribution < -0.4 is 14.3 Å². The second kappa shape index (κ2) is 6.14. The van der Waals surface area contributed by atoms with Crippen molar-refractivity contribution in [1.29, 1.82) is 0 Å². The van der Waals surface area contributed by atoms with E-state index in [1.54, 1.807) is 0 Å². The Balaban J connectivity index is 1.55. The van der Waals surface area contributed by atoms with Gasteiger partial charge < -0.3 is 19.7 Å². The molecule has 4 aromatic rings. The molecule has 4 rings (SSSR count). The van der Waals surface area contributed by atoms with Crippen LogP contribution in [0.3, 0.4) is 0 Å². The lowest BCUT2D eigenvalue weighted by Crippen LogP contribution is -2.24. The molecule has 0 fully saturated rings. The van der Waals surface area contributed by atoms with Gasteiger partial charge in [0.25, 0.3) is 0 Å². The molecule has 0 bridgehead atoms. The molecule has 0 aliphatic carbocycles. The number of aromatic hydroxyl groups is 1. The summed E-state index contributed by atoms with van der Waals surface area (Å²) in [6, 6.07) is 6.58. The molecule has 0 amide bonds. The number of phenols is 1. The van der Waals surface area contributed by atoms with Crippen LogP contribution in [0.5, 0.6) is 17.2 Å². The summed E-state index contributed by atoms with van der Waals surface area (Å²) < 4.78 is 9.50. The minimum atomic E-state index is -1.50. The summed E-state index contributed by atoms with van der Waals surface area (Å²) in [5, 5.41) is 35.7. The standard InChI is InChI=1S/C14H8N6O7/c21-11-5-7(3-9-12(11)17-18-15-9)26-14(24)27-20-10-4-6(25-13(22)23)1-2-8(10)16-19-20/h1-5,21H,(H,22,23)(H,15,17,18). The number of phenolic OH excluding ortho intramolecular Hbond substituents is 1. The van der Waals surface area contributed by atoms with Gasteiger partial charge in [-0.2, -0.15) is 15.4 Å². The number of aromatic amines is 1. The molecule has 136 valence electrons. The van der Waals surface area contributed by atoms with Crippen molar-refractivity contribution >= 4 is 34.4 Å². The number of fused-ring (bicyclic) bond motifs is 2. The lowest BCUT2D eigenvalue weighted by molar-refractivity contribution is 0.0774. The molecule has 0 aliphatic heterocycles. The molecule has 0 spiro atoms. The molecular weight excluding hydrogens is 364 g/mol. The molecule has 27 heavy (non-hydrogen) atoms. The van der Waals surface area contributed by atoms with Crippen molar-refractivity contribution in [3.8, 4) is 17.2 Å². The summed E-state index contributed by atoms with van der Waals surface area (Å²) in [6.45, 7) is 0. The van der Waals surface area contributed by atoms with E-state index in [0.717, 1.165) is 10.9 Å². The van der Waals surface area contributed by atoms with Crippen molar-refractivity contribution in [1.82, 2.24) is 30.6 Å². The second-order valence-corrected chi connectivity index (χ2v) is 5.06. The van der Waals surface area contributed by atoms with Crippen molar-refractivity contribution in [2.45, 2.75) is 0 Å². The van der Waals surface area contributed by atoms with Gasteiger partial charge in [0.1, 0.15) is 33.8 Å². The fourth-order valence-corrected chi connectivity index (χ4v) is 2.26. The molecule has 2 aromatic carbocycles. The molecule has 13 heteroatoms. The van der Waals surface area contributed by atoms with Crippen molar-refractivity contribution in [3.05, 3.63) is 30.3 Å². The van der Waals surface area contributed by atoms with Gasteiger partial charge in [0.2, 0.25) is 0 Å². The molecule has 13 nitrogen and oxygen atoms in total. The first-order valence-electron chi connectivity index (χ1n) is 7.19. The lowest BCUT2D eigenvalue weighted by Gasteiger charge is -2.05. The van der Waals surface area contributed by atoms with Gasteiger partial charge in [-0.1, -0.05) is 4.85 Å². The summed E-state index contributed by atoms with van der Waals surface area (Å²) in [4.78, 5) is 28.3. The Labute approximate surface area is 147 Å². The van der Waals surface area contributed by atoms with Crippen LogP contribution in [-0.2, 0) is 0 Å². The lowest BCUT2D eigenvalue weighted by atomic mass is 10.3. The van der Waals surface area contributed by atoms with E-state index in [1.807, 2.05) is 0 Å². The average Bonchev–Trinajstić information content (AvgIpc) is 3.22. The number of hydrogen-bond donors (Lipinski definition) is 3. The van der Waals surface area contributed by atoms with E-state index in [-0.39, 0.29) is 33.8 Å². The maximum atomic E-state index is 12.0. The van der Waals surface area contributed by atoms with Crippen molar-refractivity contribution < 1.29 is 34.1 Å². The highest BCUT2D eigenvalue weighted by molar-refractivity contribution is 5.83. The molecule has 0 aliphatic rings. The smallest absolute Gasteiger partial charge is 0.505 e. The monoisotopic (exact) mass is 372 g/mol. The first-order valence-corrected chi connectivity index (χ1v) is 7.19. The number of H-pyrrole nitrogens is 1. The third-order valence-electron chi connectivity index (χ3n) is 3.33. The first kappa shape index (κ1) is 16.1. The third kappa shape index (κ3) is 3.11. The van der Waals surface area contributed by atoms with E-state index < -0.39 is 12.3 Å². The van der Waals surface area contributed by atoms with Crippen LogP contribution in [0.2, 0.25) is 0 Å². The molecule has 0 saturated heterocycles. The highest BCUT2D eigenvalue weighted by atomic mass is 16.8. The predicted molar refractivity (Wildman–Crippen MR) is 84.3 cm³/mol. The largest absolute Gasteiger partial charge is 0.540 e. The number of benzene rings is 2. The van der Waals surface area contributed by atoms with Gasteiger partial charge in [0.15, 0.2) is 5.52 Å². The summed E-state index contributed by atoms with van der Waals surface area (Å²) in [6.07, 6.45) is -2.69. The highest BCUT2D eigenvalue weighted by Gasteiger charge is 2.16. The number of ether oxygens (including phenoxy) is 2. The fourth-order valence-electron chi connectivity index (χ4n) is 2.26. The van der Waals surface area contributed by atoms with Crippen LogP contribution in [0, 0.1) is 0 Å². The van der Waals surface area contributed by atoms with E-state index >= 15 is 0 Å². The number of carboxylic acid groups (broad SMARTS) is 1. The van der Waals surface area contributed by atoms with E-state index in [4.69, 9.17) is 14.7 Å². The van der Waals surface area contributed by atoms with E-state index in [1.165, 1.54) is 24.3 Å². The number of rotatable bonds is 3. The van der Waals surface area contributed by atoms with Crippen LogP contribution in [0.1, 0.15) is 0 Å². The van der Waals surface area contributed by atoms with Gasteiger partial charge in [0.05, 0.1) is 0 Å². The average molecular weight is 372 g/mol. The van der Waals surface area contributed by atoms with Crippen LogP contribution in [0.25, 0.3) is 22.1 Å². The Morgan fingerprint density at radius 3 is 2.70 bits per heavy atom. The maximum absolute atomic E-state index is 12.0. The van der Waals surface area contributed by atoms with Crippen LogP contribution in [-0.4, -0.2) is 53.1 Å². The number of hydrogen-bond acceptors (Lipinski definition) is 10. The SMILES string of the molecule is O=C(O)Oc1ccc2nnn(OC(=O)Oc3cc(O)c4n[nH]nc4c3)c2c1. The molecule has 0 saturated carbocycles. The quantitative estimate of drug-likeness (QED) is 0.267. The van der Waals surface area contributed by atoms with Gasteiger partial charge in [-0.25, -0.2) is 9.59 Å². The topological polar surface area (TPSA) is 175 Å². The van der Waals surface area contributed by atoms with Crippen LogP contribution in [0.15, 0.2) is 30.3 Å². The number of nitrogens with one attached hydrogen (secondary N) is 1. The summed E-state index contributed by atoms with van der Waals surface area (Å²) in [5.41, 5.74) is 0.978. The molecule has 0 radical (unpaired) electrons. The van der Waals surface area contributed by atoms with E-state index in [9.17, 15) is 14.7 Å². The van der Waals surface area contributed by atoms with Gasteiger partial charge in [-0.3, -0.25) is 4.84 Å². The molecule has 3 N–H and O–H groups in total. The zero-order valence-corrected chi connectivity index (χ0v) is 13.1. The molecular formula is C14H8N6O7. The summed E-state index contributed by atoms with van der Waals surface area (Å²) in [5.74, 6) is -0.305. The Hall–Kier alpha value is -4.42. The van der Waals surface area contributed by atoms with Gasteiger partial charge in [0, 0.05) is 18.2 Å². The minimum Gasteiger partial charge on any atom is -0.505 e. The molecule has 2 aromatic heterocycles. The Bertz CT molecular complexity index is 1180. The fraction of sp³-hybridized carbons (Fsp3) is 0. The van der Waals surface area contributed by atoms with Crippen LogP contribution >= 0.6 is 0 Å². The van der Waals surface area contributed by atoms with E-state index in [0.29, 0.717) is 5.52 Å². The zero-order valence-electron chi connectivity index (χ0n) is 13.1. The zero-order chi connectivity index (χ0) is 19.0. The summed E-state index contributed by atoms with van der Waals surface area (Å²) in [7, 11) is 0. The van der Waals surface area contributed by atoms with E-state index in [2.05, 4.69) is 30.5 Å². The number of carbonyl (C=O) groups is 2. The molecule has 2 heterocycles. The van der Waals surface area contributed by atoms with Crippen molar-refractivity contribution in [3.63, 3.8) is 0 Å². The highest BCUT2D eigenvalue weighted by Crippen LogP contribution is 2.27. The molecule has 0 atom stereocenters. The van der Waals surface area contributed by atoms with Gasteiger partial charge >= 0.3 is 12.3 Å². The number of aromatic nitrogens is 6. The Kier molecular flexibility index (Phi) is 3.65. The maximum Gasteiger partial charge on any atom is 0.540 e. The second-order valence-electron chi connectivity index (χ2n) is 5.06. The summed E-state index contributed by atoms with van der Waals surface area (Å²) >= 11 is 0. The van der Waals surface area contributed by atoms with Crippen molar-refractivity contribution in [2.75, 3.05) is 0 Å².